The van der Waals surface area contributed by atoms with Gasteiger partial charge in [0.1, 0.15) is 0 Å². The molecule has 4 aliphatic carbocycles. The number of nitrogens with zero attached hydrogens (tertiary/aromatic N) is 1. The van der Waals surface area contributed by atoms with Gasteiger partial charge in [-0.15, -0.1) is 0 Å². The molecule has 5 heteroatoms. The number of phenols is 2. The first kappa shape index (κ1) is 15.5. The van der Waals surface area contributed by atoms with Crippen molar-refractivity contribution in [2.24, 2.45) is 28.3 Å². The second kappa shape index (κ2) is 5.80. The minimum absolute atomic E-state index is 0.0483. The first-order valence-corrected chi connectivity index (χ1v) is 8.86. The summed E-state index contributed by atoms with van der Waals surface area (Å²) in [6.07, 6.45) is 9.63. The third-order valence-corrected chi connectivity index (χ3v) is 6.14. The first-order chi connectivity index (χ1) is 11.5. The number of aromatic hydroxyl groups is 2. The lowest BCUT2D eigenvalue weighted by Gasteiger charge is -2.56. The number of carbonyl (C=O) groups is 1. The van der Waals surface area contributed by atoms with E-state index in [1.165, 1.54) is 50.8 Å². The van der Waals surface area contributed by atoms with E-state index in [1.54, 1.807) is 12.1 Å². The summed E-state index contributed by atoms with van der Waals surface area (Å²) in [6.45, 7) is 0. The van der Waals surface area contributed by atoms with E-state index in [-0.39, 0.29) is 22.8 Å². The molecule has 4 bridgehead atoms. The van der Waals surface area contributed by atoms with Gasteiger partial charge in [-0.3, -0.25) is 4.79 Å². The van der Waals surface area contributed by atoms with Crippen molar-refractivity contribution in [3.8, 4) is 11.5 Å². The van der Waals surface area contributed by atoms with Gasteiger partial charge in [0, 0.05) is 12.0 Å². The number of hydrogen-bond acceptors (Lipinski definition) is 4. The van der Waals surface area contributed by atoms with Crippen molar-refractivity contribution in [3.63, 3.8) is 0 Å². The standard InChI is InChI=1S/C19H24N2O3/c22-16-3-1-2-15(18(16)24)11-20-21-17(23)10-19-7-12-4-13(8-19)6-14(5-12)9-19/h1-3,11-14,22,24H,4-10H2,(H,21,23)/b20-11+. The van der Waals surface area contributed by atoms with Gasteiger partial charge in [0.05, 0.1) is 6.21 Å². The lowest BCUT2D eigenvalue weighted by Crippen LogP contribution is -2.47. The monoisotopic (exact) mass is 328 g/mol. The number of phenolic OH excluding ortho intramolecular Hbond substituents is 2. The normalized spacial score (nSPS) is 33.9. The van der Waals surface area contributed by atoms with E-state index in [2.05, 4.69) is 10.5 Å². The Morgan fingerprint density at radius 2 is 1.79 bits per heavy atom. The van der Waals surface area contributed by atoms with Crippen LogP contribution in [0.5, 0.6) is 11.5 Å². The van der Waals surface area contributed by atoms with Gasteiger partial charge in [0.15, 0.2) is 11.5 Å². The molecule has 0 unspecified atom stereocenters. The zero-order chi connectivity index (χ0) is 16.7. The van der Waals surface area contributed by atoms with Gasteiger partial charge in [0.2, 0.25) is 5.91 Å². The van der Waals surface area contributed by atoms with Crippen LogP contribution in [-0.2, 0) is 4.79 Å². The second-order valence-corrected chi connectivity index (χ2v) is 8.10. The molecule has 0 aliphatic heterocycles. The number of hydrazone groups is 1. The zero-order valence-corrected chi connectivity index (χ0v) is 13.7. The number of para-hydroxylation sites is 1. The summed E-state index contributed by atoms with van der Waals surface area (Å²) in [6, 6.07) is 4.65. The molecule has 1 aromatic carbocycles. The molecule has 0 spiro atoms. The summed E-state index contributed by atoms with van der Waals surface area (Å²) in [5.74, 6) is 2.02. The number of amides is 1. The molecular formula is C19H24N2O3. The van der Waals surface area contributed by atoms with Crippen LogP contribution in [0.1, 0.15) is 50.5 Å². The largest absolute Gasteiger partial charge is 0.504 e. The fourth-order valence-electron chi connectivity index (χ4n) is 5.71. The molecule has 1 amide bonds. The fourth-order valence-corrected chi connectivity index (χ4v) is 5.71. The first-order valence-electron chi connectivity index (χ1n) is 8.86. The van der Waals surface area contributed by atoms with E-state index in [9.17, 15) is 15.0 Å². The lowest BCUT2D eigenvalue weighted by atomic mass is 9.49. The van der Waals surface area contributed by atoms with Crippen molar-refractivity contribution >= 4 is 12.1 Å². The van der Waals surface area contributed by atoms with Crippen molar-refractivity contribution < 1.29 is 15.0 Å². The molecule has 0 aromatic heterocycles. The second-order valence-electron chi connectivity index (χ2n) is 8.10. The summed E-state index contributed by atoms with van der Waals surface area (Å²) < 4.78 is 0. The molecule has 0 radical (unpaired) electrons. The van der Waals surface area contributed by atoms with Crippen LogP contribution in [0.25, 0.3) is 0 Å². The number of nitrogens with one attached hydrogen (secondary N) is 1. The maximum absolute atomic E-state index is 12.3. The Kier molecular flexibility index (Phi) is 3.74. The molecule has 3 N–H and O–H groups in total. The third-order valence-electron chi connectivity index (χ3n) is 6.14. The number of carbonyl (C=O) groups excluding carboxylic acids is 1. The Morgan fingerprint density at radius 1 is 1.17 bits per heavy atom. The van der Waals surface area contributed by atoms with Crippen LogP contribution in [0.3, 0.4) is 0 Å². The maximum atomic E-state index is 12.3. The fraction of sp³-hybridized carbons (Fsp3) is 0.579. The minimum atomic E-state index is -0.225. The highest BCUT2D eigenvalue weighted by Gasteiger charge is 2.51. The number of benzene rings is 1. The van der Waals surface area contributed by atoms with Gasteiger partial charge in [-0.2, -0.15) is 5.10 Å². The highest BCUT2D eigenvalue weighted by Crippen LogP contribution is 2.61. The van der Waals surface area contributed by atoms with Gasteiger partial charge in [-0.05, 0) is 73.8 Å². The molecule has 0 heterocycles. The van der Waals surface area contributed by atoms with Crippen LogP contribution < -0.4 is 5.43 Å². The molecule has 0 saturated heterocycles. The van der Waals surface area contributed by atoms with E-state index >= 15 is 0 Å². The Morgan fingerprint density at radius 3 is 2.42 bits per heavy atom. The Balaban J connectivity index is 1.37. The maximum Gasteiger partial charge on any atom is 0.240 e. The van der Waals surface area contributed by atoms with Crippen molar-refractivity contribution in [3.05, 3.63) is 23.8 Å². The summed E-state index contributed by atoms with van der Waals surface area (Å²) in [5, 5.41) is 23.1. The topological polar surface area (TPSA) is 81.9 Å². The van der Waals surface area contributed by atoms with Gasteiger partial charge in [-0.25, -0.2) is 5.43 Å². The van der Waals surface area contributed by atoms with E-state index in [0.29, 0.717) is 12.0 Å². The molecule has 24 heavy (non-hydrogen) atoms. The van der Waals surface area contributed by atoms with Gasteiger partial charge < -0.3 is 10.2 Å². The molecule has 5 nitrogen and oxygen atoms in total. The van der Waals surface area contributed by atoms with Crippen molar-refractivity contribution in [2.45, 2.75) is 44.9 Å². The molecule has 0 atom stereocenters. The Bertz CT molecular complexity index is 648. The van der Waals surface area contributed by atoms with Crippen LogP contribution >= 0.6 is 0 Å². The van der Waals surface area contributed by atoms with Gasteiger partial charge in [-0.1, -0.05) is 6.07 Å². The summed E-state index contributed by atoms with van der Waals surface area (Å²) >= 11 is 0. The quantitative estimate of drug-likeness (QED) is 0.451. The highest BCUT2D eigenvalue weighted by atomic mass is 16.3. The minimum Gasteiger partial charge on any atom is -0.504 e. The Hall–Kier alpha value is -2.04. The smallest absolute Gasteiger partial charge is 0.240 e. The molecule has 5 rings (SSSR count). The van der Waals surface area contributed by atoms with E-state index in [1.807, 2.05) is 0 Å². The van der Waals surface area contributed by atoms with Crippen LogP contribution in [0, 0.1) is 23.2 Å². The Labute approximate surface area is 141 Å². The van der Waals surface area contributed by atoms with E-state index in [4.69, 9.17) is 0 Å². The van der Waals surface area contributed by atoms with Crippen molar-refractivity contribution in [1.29, 1.82) is 0 Å². The van der Waals surface area contributed by atoms with Crippen LogP contribution in [0.4, 0.5) is 0 Å². The summed E-state index contributed by atoms with van der Waals surface area (Å²) in [5.41, 5.74) is 3.17. The predicted octanol–water partition coefficient (Wildman–Crippen LogP) is 3.15. The van der Waals surface area contributed by atoms with Crippen molar-refractivity contribution in [1.82, 2.24) is 5.43 Å². The third kappa shape index (κ3) is 2.87. The average Bonchev–Trinajstić information content (AvgIpc) is 2.49. The van der Waals surface area contributed by atoms with E-state index in [0.717, 1.165) is 17.8 Å². The molecule has 4 aliphatic rings. The van der Waals surface area contributed by atoms with Crippen molar-refractivity contribution in [2.75, 3.05) is 0 Å². The van der Waals surface area contributed by atoms with Gasteiger partial charge in [0.25, 0.3) is 0 Å². The number of hydrogen-bond donors (Lipinski definition) is 3. The summed E-state index contributed by atoms with van der Waals surface area (Å²) in [7, 11) is 0. The summed E-state index contributed by atoms with van der Waals surface area (Å²) in [4.78, 5) is 12.3. The van der Waals surface area contributed by atoms with Crippen LogP contribution in [0.15, 0.2) is 23.3 Å². The van der Waals surface area contributed by atoms with Crippen LogP contribution in [-0.4, -0.2) is 22.3 Å². The molecular weight excluding hydrogens is 304 g/mol. The molecule has 4 saturated carbocycles. The average molecular weight is 328 g/mol. The van der Waals surface area contributed by atoms with Crippen LogP contribution in [0.2, 0.25) is 0 Å². The molecule has 4 fully saturated rings. The predicted molar refractivity (Wildman–Crippen MR) is 90.7 cm³/mol. The SMILES string of the molecule is O=C(CC12CC3CC(CC(C3)C1)C2)N/N=C/c1cccc(O)c1O. The molecule has 128 valence electrons. The van der Waals surface area contributed by atoms with E-state index < -0.39 is 0 Å². The highest BCUT2D eigenvalue weighted by molar-refractivity contribution is 5.86. The molecule has 1 aromatic rings. The van der Waals surface area contributed by atoms with Gasteiger partial charge >= 0.3 is 0 Å². The number of rotatable bonds is 4. The lowest BCUT2D eigenvalue weighted by molar-refractivity contribution is -0.129. The zero-order valence-electron chi connectivity index (χ0n) is 13.7.